The lowest BCUT2D eigenvalue weighted by Gasteiger charge is -2.16. The highest BCUT2D eigenvalue weighted by Crippen LogP contribution is 2.36. The molecule has 3 aromatic rings. The van der Waals surface area contributed by atoms with Crippen molar-refractivity contribution in [2.45, 2.75) is 31.1 Å². The summed E-state index contributed by atoms with van der Waals surface area (Å²) in [7, 11) is -4.01. The molecule has 0 saturated heterocycles. The van der Waals surface area contributed by atoms with Crippen molar-refractivity contribution in [2.24, 2.45) is 5.92 Å². The van der Waals surface area contributed by atoms with Gasteiger partial charge in [-0.2, -0.15) is 0 Å². The van der Waals surface area contributed by atoms with Gasteiger partial charge in [0.2, 0.25) is 0 Å². The molecule has 146 valence electrons. The van der Waals surface area contributed by atoms with Crippen molar-refractivity contribution in [1.29, 1.82) is 0 Å². The number of hydrogen-bond acceptors (Lipinski definition) is 5. The van der Waals surface area contributed by atoms with Gasteiger partial charge in [-0.1, -0.05) is 18.5 Å². The van der Waals surface area contributed by atoms with Gasteiger partial charge in [-0.05, 0) is 49.1 Å². The fraction of sp³-hybridized carbons (Fsp3) is 0.263. The van der Waals surface area contributed by atoms with Crippen LogP contribution in [-0.2, 0) is 22.9 Å². The van der Waals surface area contributed by atoms with Crippen LogP contribution in [-0.4, -0.2) is 13.3 Å². The van der Waals surface area contributed by atoms with Gasteiger partial charge >= 0.3 is 0 Å². The SMILES string of the molecule is C[C@@H]1CCc2c(oc3ccc(NS(=O)(=O)c4ccc(Cl)c([N+](=O)[O-])c4)cc23)C1. The maximum atomic E-state index is 12.7. The quantitative estimate of drug-likeness (QED) is 0.476. The van der Waals surface area contributed by atoms with Crippen LogP contribution in [0.3, 0.4) is 0 Å². The zero-order valence-corrected chi connectivity index (χ0v) is 16.5. The summed E-state index contributed by atoms with van der Waals surface area (Å²) in [6.07, 6.45) is 2.83. The summed E-state index contributed by atoms with van der Waals surface area (Å²) in [5.41, 5.74) is 1.76. The molecule has 4 rings (SSSR count). The fourth-order valence-corrected chi connectivity index (χ4v) is 4.78. The van der Waals surface area contributed by atoms with E-state index < -0.39 is 20.6 Å². The van der Waals surface area contributed by atoms with Crippen molar-refractivity contribution in [3.8, 4) is 0 Å². The second-order valence-electron chi connectivity index (χ2n) is 7.04. The fourth-order valence-electron chi connectivity index (χ4n) is 3.52. The summed E-state index contributed by atoms with van der Waals surface area (Å²) >= 11 is 5.76. The second-order valence-corrected chi connectivity index (χ2v) is 9.13. The lowest BCUT2D eigenvalue weighted by Crippen LogP contribution is -2.13. The molecule has 2 aromatic carbocycles. The first kappa shape index (κ1) is 18.8. The van der Waals surface area contributed by atoms with Crippen LogP contribution in [0.25, 0.3) is 11.0 Å². The largest absolute Gasteiger partial charge is 0.461 e. The number of nitrogens with zero attached hydrogens (tertiary/aromatic N) is 1. The minimum atomic E-state index is -4.01. The van der Waals surface area contributed by atoms with E-state index in [0.717, 1.165) is 47.6 Å². The van der Waals surface area contributed by atoms with Crippen molar-refractivity contribution in [1.82, 2.24) is 0 Å². The lowest BCUT2D eigenvalue weighted by atomic mass is 9.88. The van der Waals surface area contributed by atoms with Crippen molar-refractivity contribution in [3.63, 3.8) is 0 Å². The number of nitro groups is 1. The van der Waals surface area contributed by atoms with Crippen LogP contribution >= 0.6 is 11.6 Å². The summed E-state index contributed by atoms with van der Waals surface area (Å²) in [5, 5.41) is 11.8. The molecule has 1 N–H and O–H groups in total. The molecule has 0 fully saturated rings. The van der Waals surface area contributed by atoms with E-state index in [0.29, 0.717) is 11.6 Å². The number of nitro benzene ring substituents is 1. The highest BCUT2D eigenvalue weighted by molar-refractivity contribution is 7.92. The summed E-state index contributed by atoms with van der Waals surface area (Å²) in [6, 6.07) is 8.48. The van der Waals surface area contributed by atoms with E-state index in [4.69, 9.17) is 16.0 Å². The van der Waals surface area contributed by atoms with Crippen molar-refractivity contribution >= 4 is 44.0 Å². The number of nitrogens with one attached hydrogen (secondary N) is 1. The van der Waals surface area contributed by atoms with Gasteiger partial charge < -0.3 is 4.42 Å². The molecule has 1 atom stereocenters. The lowest BCUT2D eigenvalue weighted by molar-refractivity contribution is -0.384. The Morgan fingerprint density at radius 2 is 2.04 bits per heavy atom. The zero-order chi connectivity index (χ0) is 20.1. The molecule has 0 radical (unpaired) electrons. The normalized spacial score (nSPS) is 16.7. The van der Waals surface area contributed by atoms with Crippen LogP contribution in [0.15, 0.2) is 45.7 Å². The molecular weight excluding hydrogens is 404 g/mol. The molecule has 0 aliphatic heterocycles. The van der Waals surface area contributed by atoms with Crippen LogP contribution in [0.5, 0.6) is 0 Å². The average molecular weight is 421 g/mol. The molecule has 0 saturated carbocycles. The molecular formula is C19H17ClN2O5S. The molecule has 7 nitrogen and oxygen atoms in total. The molecule has 1 aliphatic carbocycles. The molecule has 28 heavy (non-hydrogen) atoms. The average Bonchev–Trinajstić information content (AvgIpc) is 2.98. The Morgan fingerprint density at radius 1 is 1.25 bits per heavy atom. The van der Waals surface area contributed by atoms with E-state index in [1.165, 1.54) is 12.1 Å². The molecule has 1 aromatic heterocycles. The predicted molar refractivity (Wildman–Crippen MR) is 106 cm³/mol. The van der Waals surface area contributed by atoms with E-state index in [2.05, 4.69) is 11.6 Å². The highest BCUT2D eigenvalue weighted by atomic mass is 35.5. The monoisotopic (exact) mass is 420 g/mol. The number of rotatable bonds is 4. The third-order valence-electron chi connectivity index (χ3n) is 4.97. The molecule has 1 aliphatic rings. The minimum absolute atomic E-state index is 0.121. The summed E-state index contributed by atoms with van der Waals surface area (Å²) in [4.78, 5) is 10.1. The third-order valence-corrected chi connectivity index (χ3v) is 6.67. The summed E-state index contributed by atoms with van der Waals surface area (Å²) < 4.78 is 33.8. The molecule has 0 bridgehead atoms. The Balaban J connectivity index is 1.69. The summed E-state index contributed by atoms with van der Waals surface area (Å²) in [6.45, 7) is 2.18. The minimum Gasteiger partial charge on any atom is -0.461 e. The van der Waals surface area contributed by atoms with Crippen LogP contribution in [0.2, 0.25) is 5.02 Å². The number of sulfonamides is 1. The smallest absolute Gasteiger partial charge is 0.289 e. The Hall–Kier alpha value is -2.58. The molecule has 1 heterocycles. The van der Waals surface area contributed by atoms with Gasteiger partial charge in [0, 0.05) is 29.1 Å². The van der Waals surface area contributed by atoms with Gasteiger partial charge in [0.15, 0.2) is 0 Å². The molecule has 9 heteroatoms. The Morgan fingerprint density at radius 3 is 2.79 bits per heavy atom. The number of aryl methyl sites for hydroxylation is 1. The van der Waals surface area contributed by atoms with Crippen LogP contribution in [0.1, 0.15) is 24.7 Å². The first-order valence-corrected chi connectivity index (χ1v) is 10.6. The van der Waals surface area contributed by atoms with Gasteiger partial charge in [0.25, 0.3) is 15.7 Å². The number of halogens is 1. The van der Waals surface area contributed by atoms with E-state index in [1.807, 2.05) is 0 Å². The number of fused-ring (bicyclic) bond motifs is 3. The summed E-state index contributed by atoms with van der Waals surface area (Å²) in [5.74, 6) is 1.52. The maximum absolute atomic E-state index is 12.7. The third kappa shape index (κ3) is 3.33. The predicted octanol–water partition coefficient (Wildman–Crippen LogP) is 4.92. The van der Waals surface area contributed by atoms with Crippen LogP contribution in [0, 0.1) is 16.0 Å². The molecule has 0 spiro atoms. The number of benzene rings is 2. The second kappa shape index (κ2) is 6.79. The first-order chi connectivity index (χ1) is 13.2. The van der Waals surface area contributed by atoms with E-state index in [9.17, 15) is 18.5 Å². The van der Waals surface area contributed by atoms with Crippen molar-refractivity contribution < 1.29 is 17.8 Å². The number of anilines is 1. The van der Waals surface area contributed by atoms with E-state index in [1.54, 1.807) is 18.2 Å². The number of hydrogen-bond donors (Lipinski definition) is 1. The van der Waals surface area contributed by atoms with Gasteiger partial charge in [0.1, 0.15) is 16.4 Å². The first-order valence-electron chi connectivity index (χ1n) is 8.75. The van der Waals surface area contributed by atoms with Crippen molar-refractivity contribution in [2.75, 3.05) is 4.72 Å². The number of furan rings is 1. The molecule has 0 unspecified atom stereocenters. The zero-order valence-electron chi connectivity index (χ0n) is 14.9. The van der Waals surface area contributed by atoms with Crippen LogP contribution in [0.4, 0.5) is 11.4 Å². The standard InChI is InChI=1S/C19H17ClN2O5S/c1-11-2-5-14-15-9-12(3-7-18(15)27-19(14)8-11)21-28(25,26)13-4-6-16(20)17(10-13)22(23)24/h3-4,6-7,9-11,21H,2,5,8H2,1H3/t11-/m1/s1. The van der Waals surface area contributed by atoms with E-state index in [-0.39, 0.29) is 9.92 Å². The van der Waals surface area contributed by atoms with Gasteiger partial charge in [-0.25, -0.2) is 8.42 Å². The topological polar surface area (TPSA) is 102 Å². The Bertz CT molecular complexity index is 1200. The van der Waals surface area contributed by atoms with Gasteiger partial charge in [-0.3, -0.25) is 14.8 Å². The van der Waals surface area contributed by atoms with E-state index >= 15 is 0 Å². The Kier molecular flexibility index (Phi) is 4.55. The Labute approximate surface area is 166 Å². The molecule has 0 amide bonds. The van der Waals surface area contributed by atoms with Crippen LogP contribution < -0.4 is 4.72 Å². The van der Waals surface area contributed by atoms with Crippen molar-refractivity contribution in [3.05, 3.63) is 62.9 Å². The highest BCUT2D eigenvalue weighted by Gasteiger charge is 2.24. The maximum Gasteiger partial charge on any atom is 0.289 e. The van der Waals surface area contributed by atoms with Gasteiger partial charge in [-0.15, -0.1) is 0 Å². The van der Waals surface area contributed by atoms with Gasteiger partial charge in [0.05, 0.1) is 9.82 Å².